The number of nitrogen functional groups attached to an aromatic ring is 1. The number of thioether (sulfide) groups is 1. The first-order valence-corrected chi connectivity index (χ1v) is 8.73. The van der Waals surface area contributed by atoms with Crippen molar-refractivity contribution in [2.24, 2.45) is 0 Å². The van der Waals surface area contributed by atoms with E-state index in [-0.39, 0.29) is 11.7 Å². The molecule has 0 unspecified atom stereocenters. The fourth-order valence-electron chi connectivity index (χ4n) is 2.52. The van der Waals surface area contributed by atoms with Crippen LogP contribution in [0.4, 0.5) is 5.69 Å². The average Bonchev–Trinajstić information content (AvgIpc) is 2.47. The number of anilines is 1. The van der Waals surface area contributed by atoms with Crippen LogP contribution in [0.5, 0.6) is 0 Å². The highest BCUT2D eigenvalue weighted by Crippen LogP contribution is 2.29. The molecule has 21 heavy (non-hydrogen) atoms. The minimum Gasteiger partial charge on any atom is -0.398 e. The molecule has 112 valence electrons. The molecule has 0 aliphatic heterocycles. The van der Waals surface area contributed by atoms with E-state index >= 15 is 0 Å². The summed E-state index contributed by atoms with van der Waals surface area (Å²) in [6.07, 6.45) is 4.64. The molecule has 0 aromatic heterocycles. The number of nitrogens with two attached hydrogens (primary N) is 1. The molecule has 1 aromatic carbocycles. The smallest absolute Gasteiger partial charge is 0.231 e. The zero-order chi connectivity index (χ0) is 15.3. The van der Waals surface area contributed by atoms with Crippen molar-refractivity contribution >= 4 is 39.3 Å². The molecule has 0 radical (unpaired) electrons. The fraction of sp³-hybridized carbons (Fsp3) is 0.467. The second kappa shape index (κ2) is 7.19. The highest BCUT2D eigenvalue weighted by molar-refractivity contribution is 9.10. The molecule has 1 saturated carbocycles. The molecule has 0 atom stereocenters. The maximum atomic E-state index is 12.1. The molecular formula is C15H18BrN3OS. The lowest BCUT2D eigenvalue weighted by Crippen LogP contribution is -2.49. The highest BCUT2D eigenvalue weighted by Gasteiger charge is 2.33. The summed E-state index contributed by atoms with van der Waals surface area (Å²) < 4.78 is 0.916. The molecule has 1 amide bonds. The van der Waals surface area contributed by atoms with Crippen LogP contribution in [0.25, 0.3) is 0 Å². The number of rotatable bonds is 4. The van der Waals surface area contributed by atoms with Gasteiger partial charge in [0.2, 0.25) is 5.91 Å². The SMILES string of the molecule is N#CC1(NC(=O)CSc2ccc(Br)cc2N)CCCCC1. The van der Waals surface area contributed by atoms with E-state index in [1.54, 1.807) is 0 Å². The topological polar surface area (TPSA) is 78.9 Å². The highest BCUT2D eigenvalue weighted by atomic mass is 79.9. The summed E-state index contributed by atoms with van der Waals surface area (Å²) in [6, 6.07) is 7.90. The number of hydrogen-bond acceptors (Lipinski definition) is 4. The lowest BCUT2D eigenvalue weighted by molar-refractivity contribution is -0.120. The van der Waals surface area contributed by atoms with E-state index in [1.807, 2.05) is 18.2 Å². The van der Waals surface area contributed by atoms with Crippen LogP contribution in [0, 0.1) is 11.3 Å². The van der Waals surface area contributed by atoms with Gasteiger partial charge in [0.05, 0.1) is 11.8 Å². The molecule has 0 spiro atoms. The summed E-state index contributed by atoms with van der Waals surface area (Å²) >= 11 is 4.75. The molecule has 1 aliphatic carbocycles. The predicted octanol–water partition coefficient (Wildman–Crippen LogP) is 3.47. The summed E-state index contributed by atoms with van der Waals surface area (Å²) in [7, 11) is 0. The zero-order valence-electron chi connectivity index (χ0n) is 11.7. The first kappa shape index (κ1) is 16.2. The number of carbonyl (C=O) groups is 1. The van der Waals surface area contributed by atoms with Crippen LogP contribution in [-0.2, 0) is 4.79 Å². The maximum absolute atomic E-state index is 12.1. The first-order valence-electron chi connectivity index (χ1n) is 6.95. The van der Waals surface area contributed by atoms with Gasteiger partial charge < -0.3 is 11.1 Å². The molecule has 1 aromatic rings. The second-order valence-electron chi connectivity index (χ2n) is 5.27. The number of nitriles is 1. The maximum Gasteiger partial charge on any atom is 0.231 e. The molecule has 0 bridgehead atoms. The third-order valence-corrected chi connectivity index (χ3v) is 5.21. The number of nitrogens with zero attached hydrogens (tertiary/aromatic N) is 1. The Morgan fingerprint density at radius 2 is 2.14 bits per heavy atom. The van der Waals surface area contributed by atoms with Gasteiger partial charge in [0.25, 0.3) is 0 Å². The number of amides is 1. The van der Waals surface area contributed by atoms with Crippen LogP contribution in [0.1, 0.15) is 32.1 Å². The number of nitrogens with one attached hydrogen (secondary N) is 1. The van der Waals surface area contributed by atoms with Crippen LogP contribution in [0.2, 0.25) is 0 Å². The van der Waals surface area contributed by atoms with Crippen LogP contribution >= 0.6 is 27.7 Å². The Hall–Kier alpha value is -1.19. The van der Waals surface area contributed by atoms with Gasteiger partial charge in [0, 0.05) is 15.1 Å². The molecule has 3 N–H and O–H groups in total. The number of benzene rings is 1. The number of carbonyl (C=O) groups excluding carboxylic acids is 1. The number of halogens is 1. The van der Waals surface area contributed by atoms with E-state index < -0.39 is 5.54 Å². The van der Waals surface area contributed by atoms with Gasteiger partial charge >= 0.3 is 0 Å². The third-order valence-electron chi connectivity index (χ3n) is 3.63. The van der Waals surface area contributed by atoms with Crippen LogP contribution in [-0.4, -0.2) is 17.2 Å². The lowest BCUT2D eigenvalue weighted by atomic mass is 9.83. The summed E-state index contributed by atoms with van der Waals surface area (Å²) in [4.78, 5) is 13.0. The molecule has 4 nitrogen and oxygen atoms in total. The van der Waals surface area contributed by atoms with Gasteiger partial charge in [-0.2, -0.15) is 5.26 Å². The van der Waals surface area contributed by atoms with Crippen LogP contribution in [0.15, 0.2) is 27.6 Å². The Bertz CT molecular complexity index is 565. The van der Waals surface area contributed by atoms with E-state index in [4.69, 9.17) is 5.73 Å². The van der Waals surface area contributed by atoms with Crippen molar-refractivity contribution in [2.75, 3.05) is 11.5 Å². The van der Waals surface area contributed by atoms with Crippen molar-refractivity contribution in [3.63, 3.8) is 0 Å². The van der Waals surface area contributed by atoms with E-state index in [0.29, 0.717) is 5.69 Å². The Balaban J connectivity index is 1.91. The summed E-state index contributed by atoms with van der Waals surface area (Å²) in [5.41, 5.74) is 5.89. The summed E-state index contributed by atoms with van der Waals surface area (Å²) in [5, 5.41) is 12.3. The van der Waals surface area contributed by atoms with E-state index in [2.05, 4.69) is 27.3 Å². The lowest BCUT2D eigenvalue weighted by Gasteiger charge is -2.31. The normalized spacial score (nSPS) is 17.0. The van der Waals surface area contributed by atoms with Crippen molar-refractivity contribution in [1.29, 1.82) is 5.26 Å². The standard InChI is InChI=1S/C15H18BrN3OS/c16-11-4-5-13(12(18)8-11)21-9-14(20)19-15(10-17)6-2-1-3-7-15/h4-5,8H,1-3,6-7,9,18H2,(H,19,20). The van der Waals surface area contributed by atoms with Crippen LogP contribution < -0.4 is 11.1 Å². The Morgan fingerprint density at radius 3 is 2.76 bits per heavy atom. The van der Waals surface area contributed by atoms with Gasteiger partial charge in [-0.1, -0.05) is 35.2 Å². The minimum atomic E-state index is -0.666. The number of hydrogen-bond donors (Lipinski definition) is 2. The third kappa shape index (κ3) is 4.39. The van der Waals surface area contributed by atoms with E-state index in [1.165, 1.54) is 11.8 Å². The van der Waals surface area contributed by atoms with Gasteiger partial charge in [-0.15, -0.1) is 11.8 Å². The molecule has 0 saturated heterocycles. The summed E-state index contributed by atoms with van der Waals surface area (Å²) in [6.45, 7) is 0. The molecule has 1 fully saturated rings. The van der Waals surface area contributed by atoms with Crippen LogP contribution in [0.3, 0.4) is 0 Å². The van der Waals surface area contributed by atoms with Crippen molar-refractivity contribution in [3.05, 3.63) is 22.7 Å². The van der Waals surface area contributed by atoms with Gasteiger partial charge in [0.1, 0.15) is 5.54 Å². The molecular weight excluding hydrogens is 350 g/mol. The quantitative estimate of drug-likeness (QED) is 0.630. The molecule has 0 heterocycles. The second-order valence-corrected chi connectivity index (χ2v) is 7.21. The Morgan fingerprint density at radius 1 is 1.43 bits per heavy atom. The Labute approximate surface area is 137 Å². The van der Waals surface area contributed by atoms with Crippen molar-refractivity contribution < 1.29 is 4.79 Å². The molecule has 2 rings (SSSR count). The molecule has 1 aliphatic rings. The fourth-order valence-corrected chi connectivity index (χ4v) is 3.64. The minimum absolute atomic E-state index is 0.106. The van der Waals surface area contributed by atoms with Gasteiger partial charge in [-0.3, -0.25) is 4.79 Å². The predicted molar refractivity (Wildman–Crippen MR) is 88.9 cm³/mol. The zero-order valence-corrected chi connectivity index (χ0v) is 14.1. The van der Waals surface area contributed by atoms with E-state index in [0.717, 1.165) is 41.5 Å². The van der Waals surface area contributed by atoms with Gasteiger partial charge in [-0.05, 0) is 31.0 Å². The van der Waals surface area contributed by atoms with Gasteiger partial charge in [0.15, 0.2) is 0 Å². The average molecular weight is 368 g/mol. The largest absolute Gasteiger partial charge is 0.398 e. The van der Waals surface area contributed by atoms with E-state index in [9.17, 15) is 10.1 Å². The Kier molecular flexibility index (Phi) is 5.54. The van der Waals surface area contributed by atoms with Crippen molar-refractivity contribution in [2.45, 2.75) is 42.5 Å². The monoisotopic (exact) mass is 367 g/mol. The van der Waals surface area contributed by atoms with Crippen molar-refractivity contribution in [3.8, 4) is 6.07 Å². The molecule has 6 heteroatoms. The summed E-state index contributed by atoms with van der Waals surface area (Å²) in [5.74, 6) is 0.167. The van der Waals surface area contributed by atoms with Crippen molar-refractivity contribution in [1.82, 2.24) is 5.32 Å². The first-order chi connectivity index (χ1) is 10.0. The van der Waals surface area contributed by atoms with Gasteiger partial charge in [-0.25, -0.2) is 0 Å².